The number of nitrogens with two attached hydrogens (primary N) is 1. The molecule has 21 heavy (non-hydrogen) atoms. The van der Waals surface area contributed by atoms with E-state index in [1.54, 1.807) is 0 Å². The van der Waals surface area contributed by atoms with Gasteiger partial charge in [0.1, 0.15) is 12.4 Å². The van der Waals surface area contributed by atoms with Crippen LogP contribution in [0.3, 0.4) is 0 Å². The summed E-state index contributed by atoms with van der Waals surface area (Å²) >= 11 is 0. The summed E-state index contributed by atoms with van der Waals surface area (Å²) < 4.78 is 11.5. The van der Waals surface area contributed by atoms with Gasteiger partial charge in [-0.05, 0) is 30.4 Å². The molecule has 0 heterocycles. The van der Waals surface area contributed by atoms with Gasteiger partial charge in [-0.1, -0.05) is 45.4 Å². The monoisotopic (exact) mass is 294 g/mol. The summed E-state index contributed by atoms with van der Waals surface area (Å²) in [4.78, 5) is 0. The van der Waals surface area contributed by atoms with Crippen LogP contribution in [0.4, 0.5) is 0 Å². The molecule has 0 spiro atoms. The molecule has 0 saturated heterocycles. The van der Waals surface area contributed by atoms with Crippen molar-refractivity contribution in [1.82, 2.24) is 0 Å². The quantitative estimate of drug-likeness (QED) is 0.602. The zero-order valence-electron chi connectivity index (χ0n) is 13.9. The molecule has 0 bridgehead atoms. The predicted molar refractivity (Wildman–Crippen MR) is 88.0 cm³/mol. The summed E-state index contributed by atoms with van der Waals surface area (Å²) in [6.07, 6.45) is 3.68. The lowest BCUT2D eigenvalue weighted by Gasteiger charge is -2.15. The van der Waals surface area contributed by atoms with E-state index in [-0.39, 0.29) is 0 Å². The molecule has 0 aliphatic heterocycles. The molecule has 3 nitrogen and oxygen atoms in total. The van der Waals surface area contributed by atoms with Gasteiger partial charge in [0.25, 0.3) is 0 Å². The molecule has 0 aromatic heterocycles. The van der Waals surface area contributed by atoms with Gasteiger partial charge >= 0.3 is 0 Å². The van der Waals surface area contributed by atoms with Gasteiger partial charge in [0.2, 0.25) is 0 Å². The number of quaternary nitrogens is 1. The van der Waals surface area contributed by atoms with Crippen molar-refractivity contribution in [2.75, 3.05) is 32.9 Å². The standard InChI is InChI=1S/C18H31NO2/c1-4-6-11-19-12-13-20-14-15-21-18-10-8-7-9-17(18)16(3)5-2/h7-10,16,19H,4-6,11-15H2,1-3H3/p+1/t16-/m1/s1. The van der Waals surface area contributed by atoms with Crippen LogP contribution < -0.4 is 10.1 Å². The third kappa shape index (κ3) is 7.49. The van der Waals surface area contributed by atoms with E-state index in [0.717, 1.165) is 25.3 Å². The zero-order valence-corrected chi connectivity index (χ0v) is 13.9. The van der Waals surface area contributed by atoms with Crippen molar-refractivity contribution in [3.63, 3.8) is 0 Å². The molecule has 120 valence electrons. The fourth-order valence-corrected chi connectivity index (χ4v) is 2.21. The summed E-state index contributed by atoms with van der Waals surface area (Å²) in [5.41, 5.74) is 1.30. The minimum atomic E-state index is 0.537. The molecule has 0 radical (unpaired) electrons. The van der Waals surface area contributed by atoms with E-state index in [0.29, 0.717) is 19.1 Å². The average Bonchev–Trinajstić information content (AvgIpc) is 2.53. The first-order valence-corrected chi connectivity index (χ1v) is 8.40. The molecule has 0 amide bonds. The molecule has 0 aliphatic rings. The Bertz CT molecular complexity index is 368. The second-order valence-electron chi connectivity index (χ2n) is 5.53. The molecule has 3 heteroatoms. The van der Waals surface area contributed by atoms with Gasteiger partial charge in [-0.25, -0.2) is 0 Å². The number of ether oxygens (including phenoxy) is 2. The van der Waals surface area contributed by atoms with Gasteiger partial charge in [0, 0.05) is 0 Å². The van der Waals surface area contributed by atoms with Crippen LogP contribution in [0, 0.1) is 0 Å². The second kappa shape index (κ2) is 11.6. The normalized spacial score (nSPS) is 12.3. The van der Waals surface area contributed by atoms with E-state index in [9.17, 15) is 0 Å². The van der Waals surface area contributed by atoms with Crippen molar-refractivity contribution in [3.8, 4) is 5.75 Å². The van der Waals surface area contributed by atoms with Gasteiger partial charge in [-0.15, -0.1) is 0 Å². The van der Waals surface area contributed by atoms with Crippen LogP contribution in [0.25, 0.3) is 0 Å². The first-order chi connectivity index (χ1) is 10.3. The van der Waals surface area contributed by atoms with Gasteiger partial charge in [0.05, 0.1) is 26.3 Å². The van der Waals surface area contributed by atoms with Crippen molar-refractivity contribution in [2.24, 2.45) is 0 Å². The average molecular weight is 294 g/mol. The molecular formula is C18H32NO2+. The van der Waals surface area contributed by atoms with Gasteiger partial charge in [-0.3, -0.25) is 0 Å². The van der Waals surface area contributed by atoms with E-state index >= 15 is 0 Å². The summed E-state index contributed by atoms with van der Waals surface area (Å²) in [6, 6.07) is 8.33. The third-order valence-corrected chi connectivity index (χ3v) is 3.78. The maximum Gasteiger partial charge on any atom is 0.122 e. The van der Waals surface area contributed by atoms with Crippen LogP contribution in [0.5, 0.6) is 5.75 Å². The van der Waals surface area contributed by atoms with Gasteiger partial charge in [-0.2, -0.15) is 0 Å². The first kappa shape index (κ1) is 18.0. The molecule has 0 unspecified atom stereocenters. The molecule has 1 aromatic carbocycles. The number of unbranched alkanes of at least 4 members (excludes halogenated alkanes) is 1. The Morgan fingerprint density at radius 2 is 1.86 bits per heavy atom. The fourth-order valence-electron chi connectivity index (χ4n) is 2.21. The molecule has 0 fully saturated rings. The highest BCUT2D eigenvalue weighted by Gasteiger charge is 2.09. The van der Waals surface area contributed by atoms with E-state index in [4.69, 9.17) is 9.47 Å². The highest BCUT2D eigenvalue weighted by Crippen LogP contribution is 2.28. The number of benzene rings is 1. The summed E-state index contributed by atoms with van der Waals surface area (Å²) in [7, 11) is 0. The van der Waals surface area contributed by atoms with Gasteiger partial charge < -0.3 is 14.8 Å². The van der Waals surface area contributed by atoms with Crippen molar-refractivity contribution >= 4 is 0 Å². The lowest BCUT2D eigenvalue weighted by Crippen LogP contribution is -2.85. The Morgan fingerprint density at radius 1 is 1.05 bits per heavy atom. The topological polar surface area (TPSA) is 35.1 Å². The van der Waals surface area contributed by atoms with Crippen LogP contribution in [-0.2, 0) is 4.74 Å². The zero-order chi connectivity index (χ0) is 15.3. The lowest BCUT2D eigenvalue weighted by molar-refractivity contribution is -0.656. The molecule has 1 rings (SSSR count). The van der Waals surface area contributed by atoms with Crippen molar-refractivity contribution in [2.45, 2.75) is 46.0 Å². The van der Waals surface area contributed by atoms with Crippen molar-refractivity contribution < 1.29 is 14.8 Å². The van der Waals surface area contributed by atoms with Crippen molar-refractivity contribution in [3.05, 3.63) is 29.8 Å². The number of para-hydroxylation sites is 1. The summed E-state index contributed by atoms with van der Waals surface area (Å²) in [5, 5.41) is 2.32. The van der Waals surface area contributed by atoms with Crippen LogP contribution in [-0.4, -0.2) is 32.9 Å². The van der Waals surface area contributed by atoms with E-state index in [1.165, 1.54) is 24.9 Å². The summed E-state index contributed by atoms with van der Waals surface area (Å²) in [6.45, 7) is 11.0. The second-order valence-corrected chi connectivity index (χ2v) is 5.53. The molecule has 2 N–H and O–H groups in total. The first-order valence-electron chi connectivity index (χ1n) is 8.40. The van der Waals surface area contributed by atoms with E-state index in [1.807, 2.05) is 6.07 Å². The molecular weight excluding hydrogens is 262 g/mol. The SMILES string of the molecule is CCCC[NH2+]CCOCCOc1ccccc1[C@H](C)CC. The third-order valence-electron chi connectivity index (χ3n) is 3.78. The van der Waals surface area contributed by atoms with Crippen LogP contribution in [0.2, 0.25) is 0 Å². The largest absolute Gasteiger partial charge is 0.491 e. The minimum absolute atomic E-state index is 0.537. The number of hydrogen-bond donors (Lipinski definition) is 1. The molecule has 1 atom stereocenters. The Hall–Kier alpha value is -1.06. The van der Waals surface area contributed by atoms with Gasteiger partial charge in [0.15, 0.2) is 0 Å². The van der Waals surface area contributed by atoms with E-state index in [2.05, 4.69) is 44.3 Å². The molecule has 0 aliphatic carbocycles. The fraction of sp³-hybridized carbons (Fsp3) is 0.667. The Morgan fingerprint density at radius 3 is 2.62 bits per heavy atom. The molecule has 0 saturated carbocycles. The van der Waals surface area contributed by atoms with Crippen LogP contribution >= 0.6 is 0 Å². The lowest BCUT2D eigenvalue weighted by atomic mass is 9.98. The number of rotatable bonds is 12. The van der Waals surface area contributed by atoms with Crippen LogP contribution in [0.1, 0.15) is 51.5 Å². The number of hydrogen-bond acceptors (Lipinski definition) is 2. The molecule has 1 aromatic rings. The Kier molecular flexibility index (Phi) is 9.92. The smallest absolute Gasteiger partial charge is 0.122 e. The highest BCUT2D eigenvalue weighted by atomic mass is 16.5. The minimum Gasteiger partial charge on any atom is -0.491 e. The predicted octanol–water partition coefficient (Wildman–Crippen LogP) is 2.96. The van der Waals surface area contributed by atoms with E-state index < -0.39 is 0 Å². The Balaban J connectivity index is 2.15. The highest BCUT2D eigenvalue weighted by molar-refractivity contribution is 5.35. The summed E-state index contributed by atoms with van der Waals surface area (Å²) in [5.74, 6) is 1.54. The maximum absolute atomic E-state index is 5.87. The van der Waals surface area contributed by atoms with Crippen LogP contribution in [0.15, 0.2) is 24.3 Å². The Labute approximate surface area is 130 Å². The maximum atomic E-state index is 5.87. The van der Waals surface area contributed by atoms with Crippen molar-refractivity contribution in [1.29, 1.82) is 0 Å².